The maximum absolute atomic E-state index is 11.6. The molecular weight excluding hydrogens is 176 g/mol. The van der Waals surface area contributed by atoms with Crippen molar-refractivity contribution in [3.8, 4) is 0 Å². The lowest BCUT2D eigenvalue weighted by Crippen LogP contribution is -2.47. The van der Waals surface area contributed by atoms with E-state index in [0.717, 1.165) is 6.42 Å². The fourth-order valence-corrected chi connectivity index (χ4v) is 1.56. The zero-order valence-electron chi connectivity index (χ0n) is 10.3. The quantitative estimate of drug-likeness (QED) is 0.729. The summed E-state index contributed by atoms with van der Waals surface area (Å²) >= 11 is 0. The molecule has 2 unspecified atom stereocenters. The van der Waals surface area contributed by atoms with Gasteiger partial charge in [0.25, 0.3) is 0 Å². The molecule has 0 saturated heterocycles. The van der Waals surface area contributed by atoms with Crippen LogP contribution in [0.1, 0.15) is 34.1 Å². The average Bonchev–Trinajstić information content (AvgIpc) is 2.11. The van der Waals surface area contributed by atoms with Crippen LogP contribution in [0.15, 0.2) is 0 Å². The van der Waals surface area contributed by atoms with E-state index in [-0.39, 0.29) is 11.9 Å². The molecule has 1 N–H and O–H groups in total. The minimum atomic E-state index is -0.0858. The van der Waals surface area contributed by atoms with Crippen LogP contribution < -0.4 is 5.32 Å². The van der Waals surface area contributed by atoms with Crippen molar-refractivity contribution in [2.45, 2.75) is 46.2 Å². The van der Waals surface area contributed by atoms with Crippen LogP contribution in [-0.2, 0) is 4.79 Å². The Morgan fingerprint density at radius 3 is 2.07 bits per heavy atom. The second-order valence-corrected chi connectivity index (χ2v) is 4.38. The fourth-order valence-electron chi connectivity index (χ4n) is 1.56. The van der Waals surface area contributed by atoms with E-state index < -0.39 is 0 Å². The number of nitrogens with zero attached hydrogens (tertiary/aromatic N) is 1. The summed E-state index contributed by atoms with van der Waals surface area (Å²) in [5.74, 6) is 0.710. The van der Waals surface area contributed by atoms with Gasteiger partial charge in [-0.15, -0.1) is 0 Å². The number of amides is 1. The average molecular weight is 200 g/mol. The third-order valence-electron chi connectivity index (χ3n) is 2.52. The van der Waals surface area contributed by atoms with E-state index in [1.165, 1.54) is 0 Å². The van der Waals surface area contributed by atoms with Gasteiger partial charge >= 0.3 is 0 Å². The molecule has 1 amide bonds. The molecule has 0 aromatic heterocycles. The first-order valence-electron chi connectivity index (χ1n) is 5.37. The molecule has 14 heavy (non-hydrogen) atoms. The molecule has 0 aliphatic carbocycles. The van der Waals surface area contributed by atoms with Gasteiger partial charge in [-0.25, -0.2) is 0 Å². The lowest BCUT2D eigenvalue weighted by molar-refractivity contribution is -0.130. The Kier molecular flexibility index (Phi) is 5.77. The standard InChI is InChI=1S/C11H24N2O/c1-7-10(8(2)3)12-9(4)11(14)13(5)6/h8-10,12H,7H2,1-6H3. The molecule has 3 nitrogen and oxygen atoms in total. The summed E-state index contributed by atoms with van der Waals surface area (Å²) in [5, 5.41) is 3.36. The van der Waals surface area contributed by atoms with Crippen molar-refractivity contribution in [3.63, 3.8) is 0 Å². The second-order valence-electron chi connectivity index (χ2n) is 4.38. The molecule has 0 spiro atoms. The van der Waals surface area contributed by atoms with E-state index in [1.807, 2.05) is 6.92 Å². The molecule has 0 aliphatic rings. The molecule has 0 aromatic carbocycles. The maximum Gasteiger partial charge on any atom is 0.238 e. The molecule has 0 rings (SSSR count). The predicted molar refractivity (Wildman–Crippen MR) is 60.2 cm³/mol. The third-order valence-corrected chi connectivity index (χ3v) is 2.52. The van der Waals surface area contributed by atoms with Crippen molar-refractivity contribution in [1.29, 1.82) is 0 Å². The highest BCUT2D eigenvalue weighted by Gasteiger charge is 2.19. The summed E-state index contributed by atoms with van der Waals surface area (Å²) in [6, 6.07) is 0.339. The van der Waals surface area contributed by atoms with E-state index >= 15 is 0 Å². The lowest BCUT2D eigenvalue weighted by atomic mass is 10.0. The van der Waals surface area contributed by atoms with Gasteiger partial charge in [-0.1, -0.05) is 20.8 Å². The summed E-state index contributed by atoms with van der Waals surface area (Å²) in [6.07, 6.45) is 1.06. The maximum atomic E-state index is 11.6. The summed E-state index contributed by atoms with van der Waals surface area (Å²) in [5.41, 5.74) is 0. The molecule has 0 aliphatic heterocycles. The second kappa shape index (κ2) is 6.02. The predicted octanol–water partition coefficient (Wildman–Crippen LogP) is 1.49. The van der Waals surface area contributed by atoms with E-state index in [2.05, 4.69) is 26.1 Å². The largest absolute Gasteiger partial charge is 0.347 e. The molecule has 0 bridgehead atoms. The molecular formula is C11H24N2O. The van der Waals surface area contributed by atoms with E-state index in [1.54, 1.807) is 19.0 Å². The monoisotopic (exact) mass is 200 g/mol. The van der Waals surface area contributed by atoms with Gasteiger partial charge < -0.3 is 10.2 Å². The number of hydrogen-bond acceptors (Lipinski definition) is 2. The molecule has 84 valence electrons. The number of likely N-dealkylation sites (N-methyl/N-ethyl adjacent to an activating group) is 1. The van der Waals surface area contributed by atoms with Crippen LogP contribution in [0.2, 0.25) is 0 Å². The first-order valence-corrected chi connectivity index (χ1v) is 5.37. The third kappa shape index (κ3) is 4.09. The Morgan fingerprint density at radius 2 is 1.79 bits per heavy atom. The van der Waals surface area contributed by atoms with Crippen LogP contribution in [0.3, 0.4) is 0 Å². The number of rotatable bonds is 5. The zero-order chi connectivity index (χ0) is 11.3. The molecule has 0 heterocycles. The van der Waals surface area contributed by atoms with Crippen molar-refractivity contribution in [3.05, 3.63) is 0 Å². The fraction of sp³-hybridized carbons (Fsp3) is 0.909. The van der Waals surface area contributed by atoms with Gasteiger partial charge in [-0.3, -0.25) is 4.79 Å². The zero-order valence-corrected chi connectivity index (χ0v) is 10.3. The van der Waals surface area contributed by atoms with Crippen molar-refractivity contribution in [1.82, 2.24) is 10.2 Å². The number of carbonyl (C=O) groups excluding carboxylic acids is 1. The minimum Gasteiger partial charge on any atom is -0.347 e. The minimum absolute atomic E-state index is 0.0858. The van der Waals surface area contributed by atoms with Crippen molar-refractivity contribution in [2.75, 3.05) is 14.1 Å². The van der Waals surface area contributed by atoms with Gasteiger partial charge in [0.1, 0.15) is 0 Å². The Bertz CT molecular complexity index is 178. The SMILES string of the molecule is CCC(NC(C)C(=O)N(C)C)C(C)C. The molecule has 0 radical (unpaired) electrons. The van der Waals surface area contributed by atoms with Gasteiger partial charge in [0.15, 0.2) is 0 Å². The summed E-state index contributed by atoms with van der Waals surface area (Å²) in [4.78, 5) is 13.2. The molecule has 0 aromatic rings. The number of carbonyl (C=O) groups is 1. The Morgan fingerprint density at radius 1 is 1.29 bits per heavy atom. The van der Waals surface area contributed by atoms with Crippen molar-refractivity contribution in [2.24, 2.45) is 5.92 Å². The molecule has 0 saturated carbocycles. The van der Waals surface area contributed by atoms with Crippen molar-refractivity contribution < 1.29 is 4.79 Å². The van der Waals surface area contributed by atoms with Gasteiger partial charge in [-0.2, -0.15) is 0 Å². The van der Waals surface area contributed by atoms with Crippen LogP contribution >= 0.6 is 0 Å². The van der Waals surface area contributed by atoms with Crippen molar-refractivity contribution >= 4 is 5.91 Å². The normalized spacial score (nSPS) is 15.4. The van der Waals surface area contributed by atoms with Gasteiger partial charge in [-0.05, 0) is 19.3 Å². The van der Waals surface area contributed by atoms with Crippen LogP contribution in [0.4, 0.5) is 0 Å². The van der Waals surface area contributed by atoms with Crippen LogP contribution in [0, 0.1) is 5.92 Å². The number of hydrogen-bond donors (Lipinski definition) is 1. The highest BCUT2D eigenvalue weighted by molar-refractivity contribution is 5.80. The topological polar surface area (TPSA) is 32.3 Å². The van der Waals surface area contributed by atoms with Gasteiger partial charge in [0.2, 0.25) is 5.91 Å². The summed E-state index contributed by atoms with van der Waals surface area (Å²) < 4.78 is 0. The Hall–Kier alpha value is -0.570. The van der Waals surface area contributed by atoms with E-state index in [4.69, 9.17) is 0 Å². The number of nitrogens with one attached hydrogen (secondary N) is 1. The first kappa shape index (κ1) is 13.4. The van der Waals surface area contributed by atoms with Gasteiger partial charge in [0.05, 0.1) is 6.04 Å². The molecule has 0 fully saturated rings. The van der Waals surface area contributed by atoms with E-state index in [9.17, 15) is 4.79 Å². The smallest absolute Gasteiger partial charge is 0.238 e. The van der Waals surface area contributed by atoms with Crippen LogP contribution in [0.25, 0.3) is 0 Å². The Balaban J connectivity index is 4.15. The van der Waals surface area contributed by atoms with Gasteiger partial charge in [0, 0.05) is 20.1 Å². The summed E-state index contributed by atoms with van der Waals surface area (Å²) in [7, 11) is 3.58. The Labute approximate surface area is 87.9 Å². The highest BCUT2D eigenvalue weighted by atomic mass is 16.2. The first-order chi connectivity index (χ1) is 6.40. The van der Waals surface area contributed by atoms with Crippen LogP contribution in [-0.4, -0.2) is 37.0 Å². The molecule has 3 heteroatoms. The van der Waals surface area contributed by atoms with E-state index in [0.29, 0.717) is 12.0 Å². The van der Waals surface area contributed by atoms with Crippen LogP contribution in [0.5, 0.6) is 0 Å². The highest BCUT2D eigenvalue weighted by Crippen LogP contribution is 2.06. The lowest BCUT2D eigenvalue weighted by Gasteiger charge is -2.26. The molecule has 2 atom stereocenters. The summed E-state index contributed by atoms with van der Waals surface area (Å²) in [6.45, 7) is 8.42.